The fourth-order valence-corrected chi connectivity index (χ4v) is 2.65. The molecule has 1 aliphatic heterocycles. The number of alkyl halides is 3. The first-order valence-electron chi connectivity index (χ1n) is 6.94. The van der Waals surface area contributed by atoms with Gasteiger partial charge < -0.3 is 4.90 Å². The molecule has 7 heteroatoms. The van der Waals surface area contributed by atoms with E-state index in [4.69, 9.17) is 0 Å². The molecule has 0 saturated carbocycles. The minimum absolute atomic E-state index is 0.0368. The van der Waals surface area contributed by atoms with Gasteiger partial charge in [0.1, 0.15) is 5.69 Å². The molecule has 0 amide bonds. The number of hydrogen-bond acceptors (Lipinski definition) is 4. The van der Waals surface area contributed by atoms with Crippen LogP contribution < -0.4 is 4.90 Å². The zero-order valence-corrected chi connectivity index (χ0v) is 12.8. The zero-order valence-electron chi connectivity index (χ0n) is 12.8. The lowest BCUT2D eigenvalue weighted by atomic mass is 9.84. The van der Waals surface area contributed by atoms with Gasteiger partial charge in [0, 0.05) is 31.9 Å². The molecule has 0 spiro atoms. The van der Waals surface area contributed by atoms with Gasteiger partial charge in [0.25, 0.3) is 0 Å². The van der Waals surface area contributed by atoms with Crippen LogP contribution >= 0.6 is 0 Å². The van der Waals surface area contributed by atoms with Crippen molar-refractivity contribution in [2.24, 2.45) is 5.41 Å². The molecule has 0 aromatic carbocycles. The first-order chi connectivity index (χ1) is 9.59. The second kappa shape index (κ2) is 5.44. The minimum atomic E-state index is -4.44. The molecule has 118 valence electrons. The average molecular weight is 302 g/mol. The van der Waals surface area contributed by atoms with Gasteiger partial charge in [-0.3, -0.25) is 4.90 Å². The molecule has 1 saturated heterocycles. The van der Waals surface area contributed by atoms with Crippen molar-refractivity contribution in [3.8, 4) is 0 Å². The Morgan fingerprint density at radius 2 is 1.86 bits per heavy atom. The molecule has 0 N–H and O–H groups in total. The lowest BCUT2D eigenvalue weighted by Gasteiger charge is -2.45. The fraction of sp³-hybridized carbons (Fsp3) is 0.714. The summed E-state index contributed by atoms with van der Waals surface area (Å²) in [5, 5.41) is 0. The van der Waals surface area contributed by atoms with Crippen molar-refractivity contribution >= 4 is 5.95 Å². The van der Waals surface area contributed by atoms with E-state index >= 15 is 0 Å². The van der Waals surface area contributed by atoms with Crippen molar-refractivity contribution < 1.29 is 13.2 Å². The summed E-state index contributed by atoms with van der Waals surface area (Å²) in [6.45, 7) is 8.42. The van der Waals surface area contributed by atoms with Crippen molar-refractivity contribution in [1.29, 1.82) is 0 Å². The van der Waals surface area contributed by atoms with Crippen LogP contribution in [0.1, 0.15) is 26.5 Å². The molecule has 1 unspecified atom stereocenters. The molecule has 1 aliphatic rings. The van der Waals surface area contributed by atoms with Crippen LogP contribution in [0.5, 0.6) is 0 Å². The Morgan fingerprint density at radius 3 is 2.43 bits per heavy atom. The van der Waals surface area contributed by atoms with E-state index in [0.717, 1.165) is 12.6 Å². The smallest absolute Gasteiger partial charge is 0.338 e. The summed E-state index contributed by atoms with van der Waals surface area (Å²) < 4.78 is 38.2. The van der Waals surface area contributed by atoms with Crippen molar-refractivity contribution in [3.05, 3.63) is 18.0 Å². The Hall–Kier alpha value is -1.37. The van der Waals surface area contributed by atoms with E-state index < -0.39 is 11.9 Å². The van der Waals surface area contributed by atoms with Crippen LogP contribution in [0.4, 0.5) is 19.1 Å². The summed E-state index contributed by atoms with van der Waals surface area (Å²) in [5.74, 6) is 0.159. The van der Waals surface area contributed by atoms with Crippen LogP contribution in [0, 0.1) is 5.41 Å². The third-order valence-electron chi connectivity index (χ3n) is 3.86. The van der Waals surface area contributed by atoms with Gasteiger partial charge in [-0.1, -0.05) is 20.8 Å². The highest BCUT2D eigenvalue weighted by Gasteiger charge is 2.36. The third-order valence-corrected chi connectivity index (χ3v) is 3.86. The Labute approximate surface area is 123 Å². The van der Waals surface area contributed by atoms with Crippen LogP contribution in [0.15, 0.2) is 12.3 Å². The maximum Gasteiger partial charge on any atom is 0.433 e. The molecule has 0 bridgehead atoms. The van der Waals surface area contributed by atoms with Crippen LogP contribution in [-0.4, -0.2) is 47.6 Å². The minimum Gasteiger partial charge on any atom is -0.338 e. The lowest BCUT2D eigenvalue weighted by molar-refractivity contribution is -0.141. The molecule has 1 fully saturated rings. The summed E-state index contributed by atoms with van der Waals surface area (Å²) in [4.78, 5) is 11.8. The molecule has 0 radical (unpaired) electrons. The van der Waals surface area contributed by atoms with Crippen LogP contribution in [0.3, 0.4) is 0 Å². The number of halogens is 3. The lowest BCUT2D eigenvalue weighted by Crippen LogP contribution is -2.56. The highest BCUT2D eigenvalue weighted by molar-refractivity contribution is 5.32. The molecule has 2 rings (SSSR count). The van der Waals surface area contributed by atoms with Crippen molar-refractivity contribution in [1.82, 2.24) is 14.9 Å². The molecule has 0 aliphatic carbocycles. The Kier molecular flexibility index (Phi) is 4.15. The molecule has 21 heavy (non-hydrogen) atoms. The normalized spacial score (nSPS) is 21.7. The highest BCUT2D eigenvalue weighted by atomic mass is 19.4. The predicted octanol–water partition coefficient (Wildman–Crippen LogP) is 2.66. The number of aromatic nitrogens is 2. The molecular weight excluding hydrogens is 281 g/mol. The van der Waals surface area contributed by atoms with Crippen LogP contribution in [0.2, 0.25) is 0 Å². The van der Waals surface area contributed by atoms with Crippen molar-refractivity contribution in [3.63, 3.8) is 0 Å². The Balaban J connectivity index is 2.23. The van der Waals surface area contributed by atoms with Gasteiger partial charge in [-0.05, 0) is 18.5 Å². The van der Waals surface area contributed by atoms with Crippen LogP contribution in [0.25, 0.3) is 0 Å². The van der Waals surface area contributed by atoms with E-state index in [1.807, 2.05) is 11.9 Å². The highest BCUT2D eigenvalue weighted by Crippen LogP contribution is 2.30. The fourth-order valence-electron chi connectivity index (χ4n) is 2.65. The molecular formula is C14H21F3N4. The average Bonchev–Trinajstić information content (AvgIpc) is 2.37. The second-order valence-corrected chi connectivity index (χ2v) is 6.55. The Bertz CT molecular complexity index is 496. The molecule has 1 aromatic heterocycles. The second-order valence-electron chi connectivity index (χ2n) is 6.55. The quantitative estimate of drug-likeness (QED) is 0.798. The van der Waals surface area contributed by atoms with E-state index in [2.05, 4.69) is 35.6 Å². The zero-order chi connectivity index (χ0) is 15.8. The van der Waals surface area contributed by atoms with Gasteiger partial charge in [0.15, 0.2) is 0 Å². The molecule has 2 heterocycles. The topological polar surface area (TPSA) is 32.3 Å². The van der Waals surface area contributed by atoms with E-state index in [0.29, 0.717) is 13.1 Å². The van der Waals surface area contributed by atoms with E-state index in [1.165, 1.54) is 6.20 Å². The van der Waals surface area contributed by atoms with Gasteiger partial charge in [-0.15, -0.1) is 0 Å². The first kappa shape index (κ1) is 16.0. The maximum atomic E-state index is 12.7. The van der Waals surface area contributed by atoms with E-state index in [9.17, 15) is 13.2 Å². The maximum absolute atomic E-state index is 12.7. The van der Waals surface area contributed by atoms with Crippen LogP contribution in [-0.2, 0) is 6.18 Å². The van der Waals surface area contributed by atoms with E-state index in [-0.39, 0.29) is 17.4 Å². The molecule has 1 atom stereocenters. The summed E-state index contributed by atoms with van der Waals surface area (Å²) in [6.07, 6.45) is -3.26. The first-order valence-corrected chi connectivity index (χ1v) is 6.94. The largest absolute Gasteiger partial charge is 0.433 e. The van der Waals surface area contributed by atoms with Gasteiger partial charge in [0.05, 0.1) is 0 Å². The van der Waals surface area contributed by atoms with Gasteiger partial charge in [-0.25, -0.2) is 9.97 Å². The summed E-state index contributed by atoms with van der Waals surface area (Å²) in [7, 11) is 2.04. The number of piperazine rings is 1. The molecule has 1 aromatic rings. The monoisotopic (exact) mass is 302 g/mol. The SMILES string of the molecule is CN1CCN(c2nccc(C(F)(F)F)n2)CC1C(C)(C)C. The summed E-state index contributed by atoms with van der Waals surface area (Å²) >= 11 is 0. The van der Waals surface area contributed by atoms with E-state index in [1.54, 1.807) is 0 Å². The summed E-state index contributed by atoms with van der Waals surface area (Å²) in [6, 6.07) is 1.14. The number of anilines is 1. The standard InChI is InChI=1S/C14H21F3N4/c1-13(2,3)11-9-21(8-7-20(11)4)12-18-6-5-10(19-12)14(15,16)17/h5-6,11H,7-9H2,1-4H3. The number of likely N-dealkylation sites (N-methyl/N-ethyl adjacent to an activating group) is 1. The Morgan fingerprint density at radius 1 is 1.19 bits per heavy atom. The number of nitrogens with zero attached hydrogens (tertiary/aromatic N) is 4. The van der Waals surface area contributed by atoms with Crippen molar-refractivity contribution in [2.75, 3.05) is 31.6 Å². The van der Waals surface area contributed by atoms with Gasteiger partial charge in [-0.2, -0.15) is 13.2 Å². The number of rotatable bonds is 1. The van der Waals surface area contributed by atoms with Gasteiger partial charge >= 0.3 is 6.18 Å². The third kappa shape index (κ3) is 3.64. The van der Waals surface area contributed by atoms with Gasteiger partial charge in [0.2, 0.25) is 5.95 Å². The predicted molar refractivity (Wildman–Crippen MR) is 75.1 cm³/mol. The molecule has 4 nitrogen and oxygen atoms in total. The summed E-state index contributed by atoms with van der Waals surface area (Å²) in [5.41, 5.74) is -0.853. The van der Waals surface area contributed by atoms with Crippen molar-refractivity contribution in [2.45, 2.75) is 33.0 Å². The number of hydrogen-bond donors (Lipinski definition) is 0.